The molecule has 2 aliphatic carbocycles. The van der Waals surface area contributed by atoms with Crippen molar-refractivity contribution in [3.63, 3.8) is 0 Å². The number of fused-ring (bicyclic) bond motifs is 2. The van der Waals surface area contributed by atoms with Gasteiger partial charge in [-0.25, -0.2) is 4.79 Å². The number of esters is 2. The van der Waals surface area contributed by atoms with Crippen LogP contribution in [0.2, 0.25) is 0 Å². The van der Waals surface area contributed by atoms with Crippen LogP contribution in [0.4, 0.5) is 4.79 Å². The van der Waals surface area contributed by atoms with Gasteiger partial charge in [0.25, 0.3) is 0 Å². The van der Waals surface area contributed by atoms with Crippen molar-refractivity contribution < 1.29 is 33.3 Å². The van der Waals surface area contributed by atoms with Gasteiger partial charge < -0.3 is 23.8 Å². The lowest BCUT2D eigenvalue weighted by Crippen LogP contribution is -2.41. The van der Waals surface area contributed by atoms with Crippen LogP contribution in [0.5, 0.6) is 0 Å². The zero-order valence-corrected chi connectivity index (χ0v) is 31.1. The third-order valence-corrected chi connectivity index (χ3v) is 11.1. The van der Waals surface area contributed by atoms with Crippen LogP contribution in [0.1, 0.15) is 162 Å². The average molecular weight is 678 g/mol. The largest absolute Gasteiger partial charge is 0.508 e. The molecule has 2 bridgehead atoms. The first-order valence-corrected chi connectivity index (χ1v) is 20.1. The SMILES string of the molecule is CCCCCCCCCCCCCC(=O)OCC(COC(=O)CC12C[C@@H](C)C[C@H](C[C@@H](CC)C1)C2)COC(=O)OCCCN1CCCC1. The monoisotopic (exact) mass is 678 g/mol. The Kier molecular flexibility index (Phi) is 19.9. The van der Waals surface area contributed by atoms with Crippen molar-refractivity contribution in [3.05, 3.63) is 0 Å². The maximum absolute atomic E-state index is 13.2. The van der Waals surface area contributed by atoms with E-state index in [1.807, 2.05) is 0 Å². The molecule has 3 fully saturated rings. The molecule has 48 heavy (non-hydrogen) atoms. The highest BCUT2D eigenvalue weighted by Gasteiger charge is 2.46. The van der Waals surface area contributed by atoms with Gasteiger partial charge in [-0.05, 0) is 94.0 Å². The number of rotatable bonds is 25. The van der Waals surface area contributed by atoms with E-state index in [4.69, 9.17) is 18.9 Å². The smallest absolute Gasteiger partial charge is 0.465 e. The molecule has 2 unspecified atom stereocenters. The van der Waals surface area contributed by atoms with Gasteiger partial charge in [0.1, 0.15) is 19.8 Å². The molecule has 1 aliphatic heterocycles. The van der Waals surface area contributed by atoms with Crippen molar-refractivity contribution in [3.8, 4) is 0 Å². The van der Waals surface area contributed by atoms with Gasteiger partial charge in [0.15, 0.2) is 0 Å². The first kappa shape index (κ1) is 40.6. The molecule has 3 rings (SSSR count). The van der Waals surface area contributed by atoms with E-state index in [0.29, 0.717) is 37.2 Å². The highest BCUT2D eigenvalue weighted by atomic mass is 16.7. The lowest BCUT2D eigenvalue weighted by Gasteiger charge is -2.50. The number of hydrogen-bond donors (Lipinski definition) is 0. The molecule has 278 valence electrons. The summed E-state index contributed by atoms with van der Waals surface area (Å²) in [4.78, 5) is 40.5. The highest BCUT2D eigenvalue weighted by Crippen LogP contribution is 2.55. The van der Waals surface area contributed by atoms with Gasteiger partial charge >= 0.3 is 18.1 Å². The summed E-state index contributed by atoms with van der Waals surface area (Å²) < 4.78 is 22.1. The minimum Gasteiger partial charge on any atom is -0.465 e. The summed E-state index contributed by atoms with van der Waals surface area (Å²) in [6.45, 7) is 10.4. The average Bonchev–Trinajstić information content (AvgIpc) is 3.58. The van der Waals surface area contributed by atoms with Gasteiger partial charge in [-0.1, -0.05) is 91.4 Å². The molecule has 0 N–H and O–H groups in total. The molecule has 0 spiro atoms. The normalized spacial score (nSPS) is 24.6. The fraction of sp³-hybridized carbons (Fsp3) is 0.925. The zero-order chi connectivity index (χ0) is 34.5. The van der Waals surface area contributed by atoms with Gasteiger partial charge in [0.2, 0.25) is 0 Å². The van der Waals surface area contributed by atoms with Gasteiger partial charge in [-0.2, -0.15) is 0 Å². The Bertz CT molecular complexity index is 902. The van der Waals surface area contributed by atoms with Gasteiger partial charge in [-0.3, -0.25) is 9.59 Å². The van der Waals surface area contributed by atoms with Crippen molar-refractivity contribution in [1.82, 2.24) is 4.90 Å². The maximum Gasteiger partial charge on any atom is 0.508 e. The van der Waals surface area contributed by atoms with Crippen LogP contribution in [0.3, 0.4) is 0 Å². The van der Waals surface area contributed by atoms with Crippen LogP contribution >= 0.6 is 0 Å². The molecule has 0 amide bonds. The van der Waals surface area contributed by atoms with Crippen molar-refractivity contribution in [2.75, 3.05) is 46.1 Å². The predicted molar refractivity (Wildman–Crippen MR) is 191 cm³/mol. The fourth-order valence-corrected chi connectivity index (χ4v) is 8.82. The van der Waals surface area contributed by atoms with E-state index in [9.17, 15) is 14.4 Å². The van der Waals surface area contributed by atoms with E-state index in [0.717, 1.165) is 64.6 Å². The molecule has 8 nitrogen and oxygen atoms in total. The summed E-state index contributed by atoms with van der Waals surface area (Å²) in [5.41, 5.74) is 0.0321. The Morgan fingerprint density at radius 3 is 2.00 bits per heavy atom. The molecule has 1 heterocycles. The van der Waals surface area contributed by atoms with Crippen molar-refractivity contribution in [1.29, 1.82) is 0 Å². The number of hydrogen-bond acceptors (Lipinski definition) is 8. The van der Waals surface area contributed by atoms with Crippen LogP contribution in [-0.2, 0) is 28.5 Å². The van der Waals surface area contributed by atoms with Crippen LogP contribution in [0, 0.1) is 29.1 Å². The molecule has 0 aromatic heterocycles. The second-order valence-electron chi connectivity index (χ2n) is 15.8. The number of carbonyl (C=O) groups excluding carboxylic acids is 3. The first-order chi connectivity index (χ1) is 23.3. The van der Waals surface area contributed by atoms with E-state index < -0.39 is 12.1 Å². The second-order valence-corrected chi connectivity index (χ2v) is 15.8. The van der Waals surface area contributed by atoms with Gasteiger partial charge in [0, 0.05) is 13.0 Å². The van der Waals surface area contributed by atoms with Gasteiger partial charge in [0.05, 0.1) is 18.9 Å². The molecule has 2 saturated carbocycles. The van der Waals surface area contributed by atoms with Crippen molar-refractivity contribution in [2.24, 2.45) is 29.1 Å². The number of unbranched alkanes of at least 4 members (excludes halogenated alkanes) is 10. The molecule has 0 radical (unpaired) electrons. The van der Waals surface area contributed by atoms with E-state index >= 15 is 0 Å². The highest BCUT2D eigenvalue weighted by molar-refractivity contribution is 5.70. The number of ether oxygens (including phenoxy) is 4. The van der Waals surface area contributed by atoms with Crippen molar-refractivity contribution >= 4 is 18.1 Å². The lowest BCUT2D eigenvalue weighted by atomic mass is 9.55. The molecular weight excluding hydrogens is 606 g/mol. The lowest BCUT2D eigenvalue weighted by molar-refractivity contribution is -0.153. The maximum atomic E-state index is 13.2. The molecule has 0 aromatic rings. The summed E-state index contributed by atoms with van der Waals surface area (Å²) in [6, 6.07) is 0. The van der Waals surface area contributed by atoms with Gasteiger partial charge in [-0.15, -0.1) is 0 Å². The molecule has 8 heteroatoms. The quantitative estimate of drug-likeness (QED) is 0.0536. The van der Waals surface area contributed by atoms with Crippen molar-refractivity contribution in [2.45, 2.75) is 162 Å². The topological polar surface area (TPSA) is 91.4 Å². The molecule has 3 aliphatic rings. The molecule has 0 aromatic carbocycles. The predicted octanol–water partition coefficient (Wildman–Crippen LogP) is 9.66. The fourth-order valence-electron chi connectivity index (χ4n) is 8.82. The number of carbonyl (C=O) groups is 3. The summed E-state index contributed by atoms with van der Waals surface area (Å²) >= 11 is 0. The van der Waals surface area contributed by atoms with Crippen LogP contribution in [-0.4, -0.2) is 69.1 Å². The summed E-state index contributed by atoms with van der Waals surface area (Å²) in [5, 5.41) is 0. The van der Waals surface area contributed by atoms with E-state index in [-0.39, 0.29) is 37.2 Å². The Labute approximate surface area is 293 Å². The third kappa shape index (κ3) is 16.7. The minimum absolute atomic E-state index is 0.0217. The summed E-state index contributed by atoms with van der Waals surface area (Å²) in [5.74, 6) is 1.16. The van der Waals surface area contributed by atoms with E-state index in [2.05, 4.69) is 25.7 Å². The Balaban J connectivity index is 1.38. The summed E-state index contributed by atoms with van der Waals surface area (Å²) in [7, 11) is 0. The van der Waals surface area contributed by atoms with E-state index in [1.54, 1.807) is 0 Å². The number of likely N-dealkylation sites (tertiary alicyclic amines) is 1. The molecule has 5 atom stereocenters. The first-order valence-electron chi connectivity index (χ1n) is 20.1. The van der Waals surface area contributed by atoms with E-state index in [1.165, 1.54) is 83.5 Å². The Hall–Kier alpha value is -1.83. The number of nitrogens with zero attached hydrogens (tertiary/aromatic N) is 1. The molecular formula is C40H71NO7. The molecule has 1 saturated heterocycles. The third-order valence-electron chi connectivity index (χ3n) is 11.1. The summed E-state index contributed by atoms with van der Waals surface area (Å²) in [6.07, 6.45) is 23.8. The zero-order valence-electron chi connectivity index (χ0n) is 31.1. The second kappa shape index (κ2) is 23.6. The Morgan fingerprint density at radius 2 is 1.33 bits per heavy atom. The van der Waals surface area contributed by atoms with Crippen LogP contribution < -0.4 is 0 Å². The van der Waals surface area contributed by atoms with Crippen LogP contribution in [0.15, 0.2) is 0 Å². The van der Waals surface area contributed by atoms with Crippen LogP contribution in [0.25, 0.3) is 0 Å². The Morgan fingerprint density at radius 1 is 0.708 bits per heavy atom. The minimum atomic E-state index is -0.728. The standard InChI is InChI=1S/C40H71NO7/c1-4-6-7-8-9-10-11-12-13-14-15-19-37(42)46-30-36(32-48-39(44)45-23-18-22-41-20-16-17-21-41)31-47-38(43)29-40-26-33(3)24-35(28-40)25-34(5-2)27-40/h33-36H,4-32H2,1-3H3/t33-,34+,35+,36?,40?/m0/s1.